The molecule has 0 bridgehead atoms. The molecule has 1 N–H and O–H groups in total. The molecule has 2 aromatic carbocycles. The second kappa shape index (κ2) is 7.46. The van der Waals surface area contributed by atoms with Gasteiger partial charge in [0.05, 0.1) is 0 Å². The number of aromatic nitrogens is 3. The topological polar surface area (TPSA) is 71.0 Å². The number of amides is 1. The smallest absolute Gasteiger partial charge is 0.341 e. The molecule has 1 aromatic heterocycles. The van der Waals surface area contributed by atoms with Crippen molar-refractivity contribution in [2.24, 2.45) is 7.05 Å². The molecular weight excluding hydrogens is 352 g/mol. The molecule has 0 aliphatic carbocycles. The van der Waals surface area contributed by atoms with Crippen LogP contribution in [-0.4, -0.2) is 38.7 Å². The molecule has 2 heterocycles. The second-order valence-electron chi connectivity index (χ2n) is 7.38. The first-order chi connectivity index (χ1) is 13.6. The van der Waals surface area contributed by atoms with Crippen LogP contribution in [0.1, 0.15) is 29.8 Å². The van der Waals surface area contributed by atoms with Crippen LogP contribution in [0.5, 0.6) is 0 Å². The highest BCUT2D eigenvalue weighted by atomic mass is 16.2. The Hall–Kier alpha value is -3.15. The summed E-state index contributed by atoms with van der Waals surface area (Å²) in [6, 6.07) is 20.9. The van der Waals surface area contributed by atoms with Crippen molar-refractivity contribution in [2.45, 2.75) is 24.7 Å². The van der Waals surface area contributed by atoms with Crippen LogP contribution in [-0.2, 0) is 23.7 Å². The average Bonchev–Trinajstić information content (AvgIpc) is 3.07. The largest absolute Gasteiger partial charge is 0.343 e. The van der Waals surface area contributed by atoms with E-state index in [1.54, 1.807) is 7.05 Å². The number of carbonyl (C=O) groups excluding carboxylic acids is 1. The summed E-state index contributed by atoms with van der Waals surface area (Å²) in [5, 5.41) is 6.52. The lowest BCUT2D eigenvalue weighted by molar-refractivity contribution is -0.134. The molecule has 1 fully saturated rings. The van der Waals surface area contributed by atoms with Crippen LogP contribution < -0.4 is 5.69 Å². The van der Waals surface area contributed by atoms with Crippen LogP contribution in [0.25, 0.3) is 0 Å². The molecule has 0 unspecified atom stereocenters. The van der Waals surface area contributed by atoms with Crippen LogP contribution in [0.15, 0.2) is 65.5 Å². The van der Waals surface area contributed by atoms with Crippen LogP contribution in [0.2, 0.25) is 0 Å². The zero-order valence-corrected chi connectivity index (χ0v) is 16.0. The number of H-pyrrole nitrogens is 1. The second-order valence-corrected chi connectivity index (χ2v) is 7.38. The van der Waals surface area contributed by atoms with Gasteiger partial charge in [0.15, 0.2) is 0 Å². The third kappa shape index (κ3) is 3.26. The molecule has 0 radical (unpaired) electrons. The number of carbonyl (C=O) groups is 1. The number of nitrogens with one attached hydrogen (secondary N) is 1. The van der Waals surface area contributed by atoms with Crippen molar-refractivity contribution in [3.05, 3.63) is 88.1 Å². The number of piperidine rings is 1. The van der Waals surface area contributed by atoms with Crippen molar-refractivity contribution in [1.29, 1.82) is 0 Å². The molecule has 28 heavy (non-hydrogen) atoms. The van der Waals surface area contributed by atoms with Crippen molar-refractivity contribution in [1.82, 2.24) is 19.7 Å². The van der Waals surface area contributed by atoms with E-state index >= 15 is 0 Å². The zero-order valence-electron chi connectivity index (χ0n) is 16.0. The van der Waals surface area contributed by atoms with E-state index < -0.39 is 0 Å². The first kappa shape index (κ1) is 18.2. The van der Waals surface area contributed by atoms with Gasteiger partial charge in [0.1, 0.15) is 5.82 Å². The number of aromatic amines is 1. The average molecular weight is 376 g/mol. The number of hydrogen-bond acceptors (Lipinski definition) is 3. The first-order valence-corrected chi connectivity index (χ1v) is 9.59. The minimum Gasteiger partial charge on any atom is -0.341 e. The van der Waals surface area contributed by atoms with Crippen molar-refractivity contribution >= 4 is 5.91 Å². The molecule has 0 saturated carbocycles. The van der Waals surface area contributed by atoms with Crippen molar-refractivity contribution in [2.75, 3.05) is 13.1 Å². The lowest BCUT2D eigenvalue weighted by atomic mass is 9.69. The van der Waals surface area contributed by atoms with Gasteiger partial charge in [-0.15, -0.1) is 0 Å². The van der Waals surface area contributed by atoms with Crippen LogP contribution in [0, 0.1) is 0 Å². The molecule has 1 aliphatic rings. The van der Waals surface area contributed by atoms with Gasteiger partial charge in [-0.05, 0) is 17.5 Å². The standard InChI is InChI=1S/C22H24N4O2/c1-25-19(23-24-21(25)28)13-15-26-16-22(14-12-20(26)27,17-8-4-2-5-9-17)18-10-6-3-7-11-18/h2-11H,12-16H2,1H3,(H,24,28). The number of nitrogens with zero attached hydrogens (tertiary/aromatic N) is 3. The summed E-state index contributed by atoms with van der Waals surface area (Å²) in [7, 11) is 1.69. The van der Waals surface area contributed by atoms with Crippen LogP contribution in [0.4, 0.5) is 0 Å². The third-order valence-electron chi connectivity index (χ3n) is 5.81. The van der Waals surface area contributed by atoms with Crippen molar-refractivity contribution in [3.8, 4) is 0 Å². The predicted molar refractivity (Wildman–Crippen MR) is 107 cm³/mol. The molecule has 144 valence electrons. The van der Waals surface area contributed by atoms with Gasteiger partial charge in [0.2, 0.25) is 5.91 Å². The molecule has 6 nitrogen and oxygen atoms in total. The monoisotopic (exact) mass is 376 g/mol. The summed E-state index contributed by atoms with van der Waals surface area (Å²) in [6.07, 6.45) is 1.83. The van der Waals surface area contributed by atoms with Crippen LogP contribution in [0.3, 0.4) is 0 Å². The van der Waals surface area contributed by atoms with E-state index in [0.29, 0.717) is 31.8 Å². The van der Waals surface area contributed by atoms with Gasteiger partial charge in [-0.1, -0.05) is 60.7 Å². The fraction of sp³-hybridized carbons (Fsp3) is 0.318. The minimum atomic E-state index is -0.233. The van der Waals surface area contributed by atoms with Gasteiger partial charge in [0, 0.05) is 38.4 Å². The zero-order chi connectivity index (χ0) is 19.6. The maximum absolute atomic E-state index is 12.7. The molecule has 3 aromatic rings. The van der Waals surface area contributed by atoms with Gasteiger partial charge in [-0.3, -0.25) is 9.36 Å². The Morgan fingerprint density at radius 2 is 1.61 bits per heavy atom. The summed E-state index contributed by atoms with van der Waals surface area (Å²) in [5.41, 5.74) is 1.99. The fourth-order valence-electron chi connectivity index (χ4n) is 4.17. The number of benzene rings is 2. The lowest BCUT2D eigenvalue weighted by Gasteiger charge is -2.43. The minimum absolute atomic E-state index is 0.156. The number of rotatable bonds is 5. The summed E-state index contributed by atoms with van der Waals surface area (Å²) in [6.45, 7) is 1.16. The normalized spacial score (nSPS) is 16.3. The van der Waals surface area contributed by atoms with Gasteiger partial charge in [-0.2, -0.15) is 5.10 Å². The Morgan fingerprint density at radius 1 is 1.00 bits per heavy atom. The van der Waals surface area contributed by atoms with E-state index in [0.717, 1.165) is 6.42 Å². The quantitative estimate of drug-likeness (QED) is 0.742. The van der Waals surface area contributed by atoms with E-state index in [9.17, 15) is 9.59 Å². The molecule has 1 saturated heterocycles. The van der Waals surface area contributed by atoms with Gasteiger partial charge >= 0.3 is 5.69 Å². The van der Waals surface area contributed by atoms with E-state index in [-0.39, 0.29) is 17.0 Å². The Kier molecular flexibility index (Phi) is 4.86. The van der Waals surface area contributed by atoms with E-state index in [4.69, 9.17) is 0 Å². The SMILES string of the molecule is Cn1c(CCN2CC(c3ccccc3)(c3ccccc3)CCC2=O)n[nH]c1=O. The molecule has 1 amide bonds. The molecule has 0 spiro atoms. The van der Waals surface area contributed by atoms with Gasteiger partial charge < -0.3 is 4.90 Å². The molecule has 6 heteroatoms. The maximum atomic E-state index is 12.7. The van der Waals surface area contributed by atoms with E-state index in [2.05, 4.69) is 58.7 Å². The third-order valence-corrected chi connectivity index (χ3v) is 5.81. The van der Waals surface area contributed by atoms with Crippen molar-refractivity contribution in [3.63, 3.8) is 0 Å². The number of hydrogen-bond donors (Lipinski definition) is 1. The Balaban J connectivity index is 1.65. The Morgan fingerprint density at radius 3 is 2.14 bits per heavy atom. The van der Waals surface area contributed by atoms with Crippen LogP contribution >= 0.6 is 0 Å². The predicted octanol–water partition coefficient (Wildman–Crippen LogP) is 2.26. The lowest BCUT2D eigenvalue weighted by Crippen LogP contribution is -2.50. The van der Waals surface area contributed by atoms with E-state index in [1.165, 1.54) is 15.7 Å². The van der Waals surface area contributed by atoms with E-state index in [1.807, 2.05) is 17.0 Å². The molecule has 4 rings (SSSR count). The number of likely N-dealkylation sites (tertiary alicyclic amines) is 1. The highest BCUT2D eigenvalue weighted by molar-refractivity contribution is 5.78. The highest BCUT2D eigenvalue weighted by Crippen LogP contribution is 2.40. The van der Waals surface area contributed by atoms with Gasteiger partial charge in [-0.25, -0.2) is 9.89 Å². The summed E-state index contributed by atoms with van der Waals surface area (Å²) >= 11 is 0. The van der Waals surface area contributed by atoms with Gasteiger partial charge in [0.25, 0.3) is 0 Å². The Bertz CT molecular complexity index is 968. The fourth-order valence-corrected chi connectivity index (χ4v) is 4.17. The Labute approximate surface area is 163 Å². The molecule has 0 atom stereocenters. The summed E-state index contributed by atoms with van der Waals surface area (Å²) < 4.78 is 1.50. The highest BCUT2D eigenvalue weighted by Gasteiger charge is 2.41. The maximum Gasteiger partial charge on any atom is 0.343 e. The first-order valence-electron chi connectivity index (χ1n) is 9.59. The molecule has 1 aliphatic heterocycles. The molecular formula is C22H24N4O2. The van der Waals surface area contributed by atoms with Crippen molar-refractivity contribution < 1.29 is 4.79 Å². The summed E-state index contributed by atoms with van der Waals surface area (Å²) in [5.74, 6) is 0.816. The summed E-state index contributed by atoms with van der Waals surface area (Å²) in [4.78, 5) is 26.2.